The predicted octanol–water partition coefficient (Wildman–Crippen LogP) is 3.81. The van der Waals surface area contributed by atoms with Crippen molar-refractivity contribution in [3.05, 3.63) is 53.6 Å². The molecule has 0 fully saturated rings. The van der Waals surface area contributed by atoms with Crippen molar-refractivity contribution in [1.29, 1.82) is 0 Å². The molecule has 2 aromatic carbocycles. The van der Waals surface area contributed by atoms with Gasteiger partial charge >= 0.3 is 6.03 Å². The fraction of sp³-hybridized carbons (Fsp3) is 0.263. The summed E-state index contributed by atoms with van der Waals surface area (Å²) in [5, 5.41) is 7.69. The molecule has 0 aliphatic carbocycles. The Morgan fingerprint density at radius 1 is 1.00 bits per heavy atom. The van der Waals surface area contributed by atoms with Gasteiger partial charge in [0.1, 0.15) is 5.69 Å². The van der Waals surface area contributed by atoms with Gasteiger partial charge in [-0.15, -0.1) is 0 Å². The van der Waals surface area contributed by atoms with E-state index in [1.165, 1.54) is 25.1 Å². The van der Waals surface area contributed by atoms with Crippen LogP contribution in [0, 0.1) is 11.6 Å². The molecule has 2 rings (SSSR count). The van der Waals surface area contributed by atoms with Crippen LogP contribution in [0.1, 0.15) is 24.2 Å². The predicted molar refractivity (Wildman–Crippen MR) is 102 cm³/mol. The third-order valence-electron chi connectivity index (χ3n) is 3.56. The topological polar surface area (TPSA) is 73.5 Å². The standard InChI is InChI=1S/C19H22F2N4O2/c1-11(2)22-19(27)24-16-8-6-5-7-13(16)18(26)23-12-9-14(20)17(25(3)4)15(21)10-12/h5-11H,1-4H3,(H,23,26)(H2,22,24,27). The second kappa shape index (κ2) is 8.48. The van der Waals surface area contributed by atoms with Crippen LogP contribution in [0.25, 0.3) is 0 Å². The summed E-state index contributed by atoms with van der Waals surface area (Å²) < 4.78 is 28.2. The SMILES string of the molecule is CC(C)NC(=O)Nc1ccccc1C(=O)Nc1cc(F)c(N(C)C)c(F)c1. The summed E-state index contributed by atoms with van der Waals surface area (Å²) in [6.07, 6.45) is 0. The fourth-order valence-corrected chi connectivity index (χ4v) is 2.47. The van der Waals surface area contributed by atoms with Crippen molar-refractivity contribution < 1.29 is 18.4 Å². The molecule has 0 atom stereocenters. The zero-order valence-electron chi connectivity index (χ0n) is 15.6. The van der Waals surface area contributed by atoms with Crippen LogP contribution in [0.4, 0.5) is 30.6 Å². The first-order valence-electron chi connectivity index (χ1n) is 8.33. The largest absolute Gasteiger partial charge is 0.373 e. The Bertz CT molecular complexity index is 830. The zero-order chi connectivity index (χ0) is 20.1. The maximum Gasteiger partial charge on any atom is 0.319 e. The number of amides is 3. The van der Waals surface area contributed by atoms with E-state index in [1.54, 1.807) is 32.0 Å². The van der Waals surface area contributed by atoms with E-state index in [0.717, 1.165) is 12.1 Å². The fourth-order valence-electron chi connectivity index (χ4n) is 2.47. The van der Waals surface area contributed by atoms with Crippen LogP contribution in [0.2, 0.25) is 0 Å². The van der Waals surface area contributed by atoms with Crippen molar-refractivity contribution in [1.82, 2.24) is 5.32 Å². The molecule has 0 radical (unpaired) electrons. The van der Waals surface area contributed by atoms with Gasteiger partial charge in [0.25, 0.3) is 5.91 Å². The quantitative estimate of drug-likeness (QED) is 0.743. The van der Waals surface area contributed by atoms with Crippen molar-refractivity contribution in [3.63, 3.8) is 0 Å². The first-order chi connectivity index (χ1) is 12.7. The molecular weight excluding hydrogens is 354 g/mol. The Labute approximate surface area is 156 Å². The van der Waals surface area contributed by atoms with Gasteiger partial charge < -0.3 is 20.9 Å². The monoisotopic (exact) mass is 376 g/mol. The number of carbonyl (C=O) groups excluding carboxylic acids is 2. The highest BCUT2D eigenvalue weighted by atomic mass is 19.1. The van der Waals surface area contributed by atoms with Gasteiger partial charge in [-0.3, -0.25) is 4.79 Å². The van der Waals surface area contributed by atoms with Crippen LogP contribution >= 0.6 is 0 Å². The van der Waals surface area contributed by atoms with Gasteiger partial charge in [0.2, 0.25) is 0 Å². The maximum absolute atomic E-state index is 14.1. The molecule has 27 heavy (non-hydrogen) atoms. The van der Waals surface area contributed by atoms with Gasteiger partial charge in [-0.2, -0.15) is 0 Å². The third kappa shape index (κ3) is 5.16. The van der Waals surface area contributed by atoms with Gasteiger partial charge in [-0.1, -0.05) is 12.1 Å². The number of nitrogens with zero attached hydrogens (tertiary/aromatic N) is 1. The molecule has 0 saturated heterocycles. The molecule has 0 spiro atoms. The third-order valence-corrected chi connectivity index (χ3v) is 3.56. The molecule has 0 aliphatic heterocycles. The van der Waals surface area contributed by atoms with Crippen LogP contribution in [-0.2, 0) is 0 Å². The molecule has 0 aliphatic rings. The summed E-state index contributed by atoms with van der Waals surface area (Å²) >= 11 is 0. The average Bonchev–Trinajstić information content (AvgIpc) is 2.53. The Kier molecular flexibility index (Phi) is 6.33. The second-order valence-electron chi connectivity index (χ2n) is 6.44. The highest BCUT2D eigenvalue weighted by molar-refractivity contribution is 6.10. The number of hydrogen-bond acceptors (Lipinski definition) is 3. The van der Waals surface area contributed by atoms with Gasteiger partial charge in [0, 0.05) is 25.8 Å². The van der Waals surface area contributed by atoms with Gasteiger partial charge in [-0.25, -0.2) is 13.6 Å². The summed E-state index contributed by atoms with van der Waals surface area (Å²) in [5.41, 5.74) is 0.218. The lowest BCUT2D eigenvalue weighted by Crippen LogP contribution is -2.34. The maximum atomic E-state index is 14.1. The molecule has 8 heteroatoms. The lowest BCUT2D eigenvalue weighted by Gasteiger charge is -2.16. The van der Waals surface area contributed by atoms with Crippen molar-refractivity contribution >= 4 is 29.0 Å². The number of hydrogen-bond donors (Lipinski definition) is 3. The van der Waals surface area contributed by atoms with Crippen LogP contribution in [0.5, 0.6) is 0 Å². The van der Waals surface area contributed by atoms with E-state index in [1.807, 2.05) is 0 Å². The minimum absolute atomic E-state index is 0.0259. The molecule has 0 aromatic heterocycles. The number of anilines is 3. The minimum atomic E-state index is -0.793. The zero-order valence-corrected chi connectivity index (χ0v) is 15.6. The van der Waals surface area contributed by atoms with Gasteiger partial charge in [-0.05, 0) is 38.1 Å². The molecule has 6 nitrogen and oxygen atoms in total. The molecule has 0 heterocycles. The number of halogens is 2. The Hall–Kier alpha value is -3.16. The molecule has 2 aromatic rings. The average molecular weight is 376 g/mol. The molecular formula is C19H22F2N4O2. The molecule has 144 valence electrons. The molecule has 3 amide bonds. The number of carbonyl (C=O) groups is 2. The van der Waals surface area contributed by atoms with Crippen molar-refractivity contribution in [2.75, 3.05) is 29.6 Å². The summed E-state index contributed by atoms with van der Waals surface area (Å²) in [7, 11) is 3.04. The highest BCUT2D eigenvalue weighted by Crippen LogP contribution is 2.26. The number of benzene rings is 2. The first-order valence-corrected chi connectivity index (χ1v) is 8.33. The smallest absolute Gasteiger partial charge is 0.319 e. The molecule has 0 unspecified atom stereocenters. The first kappa shape index (κ1) is 20.2. The van der Waals surface area contributed by atoms with Crippen LogP contribution in [0.15, 0.2) is 36.4 Å². The van der Waals surface area contributed by atoms with E-state index >= 15 is 0 Å². The number of urea groups is 1. The number of para-hydroxylation sites is 1. The Balaban J connectivity index is 2.23. The van der Waals surface area contributed by atoms with Gasteiger partial charge in [0.05, 0.1) is 11.3 Å². The lowest BCUT2D eigenvalue weighted by molar-refractivity contribution is 0.102. The van der Waals surface area contributed by atoms with E-state index in [0.29, 0.717) is 0 Å². The lowest BCUT2D eigenvalue weighted by atomic mass is 10.1. The van der Waals surface area contributed by atoms with Crippen molar-refractivity contribution in [2.45, 2.75) is 19.9 Å². The van der Waals surface area contributed by atoms with Gasteiger partial charge in [0.15, 0.2) is 11.6 Å². The van der Waals surface area contributed by atoms with Crippen molar-refractivity contribution in [2.24, 2.45) is 0 Å². The molecule has 3 N–H and O–H groups in total. The van der Waals surface area contributed by atoms with E-state index < -0.39 is 23.6 Å². The second-order valence-corrected chi connectivity index (χ2v) is 6.44. The summed E-state index contributed by atoms with van der Waals surface area (Å²) in [4.78, 5) is 25.7. The van der Waals surface area contributed by atoms with E-state index in [4.69, 9.17) is 0 Å². The number of nitrogens with one attached hydrogen (secondary N) is 3. The van der Waals surface area contributed by atoms with Crippen LogP contribution in [-0.4, -0.2) is 32.1 Å². The van der Waals surface area contributed by atoms with Crippen molar-refractivity contribution in [3.8, 4) is 0 Å². The molecule has 0 saturated carbocycles. The molecule has 0 bridgehead atoms. The Morgan fingerprint density at radius 2 is 1.59 bits per heavy atom. The minimum Gasteiger partial charge on any atom is -0.373 e. The number of rotatable bonds is 5. The summed E-state index contributed by atoms with van der Waals surface area (Å²) in [6, 6.07) is 7.89. The van der Waals surface area contributed by atoms with E-state index in [-0.39, 0.29) is 28.7 Å². The normalized spacial score (nSPS) is 10.5. The summed E-state index contributed by atoms with van der Waals surface area (Å²) in [6.45, 7) is 3.61. The van der Waals surface area contributed by atoms with Crippen LogP contribution < -0.4 is 20.9 Å². The van der Waals surface area contributed by atoms with Crippen LogP contribution in [0.3, 0.4) is 0 Å². The Morgan fingerprint density at radius 3 is 2.15 bits per heavy atom. The van der Waals surface area contributed by atoms with E-state index in [9.17, 15) is 18.4 Å². The summed E-state index contributed by atoms with van der Waals surface area (Å²) in [5.74, 6) is -2.19. The highest BCUT2D eigenvalue weighted by Gasteiger charge is 2.17. The van der Waals surface area contributed by atoms with E-state index in [2.05, 4.69) is 16.0 Å².